The van der Waals surface area contributed by atoms with Gasteiger partial charge in [-0.15, -0.1) is 0 Å². The summed E-state index contributed by atoms with van der Waals surface area (Å²) in [7, 11) is 3.28. The highest BCUT2D eigenvalue weighted by Gasteiger charge is 2.14. The molecule has 2 aromatic carbocycles. The van der Waals surface area contributed by atoms with Crippen molar-refractivity contribution in [2.75, 3.05) is 24.9 Å². The average Bonchev–Trinajstić information content (AvgIpc) is 2.69. The molecule has 0 fully saturated rings. The van der Waals surface area contributed by atoms with Gasteiger partial charge in [0.2, 0.25) is 5.28 Å². The normalized spacial score (nSPS) is 11.6. The van der Waals surface area contributed by atoms with Crippen molar-refractivity contribution in [1.82, 2.24) is 9.97 Å². The zero-order valence-electron chi connectivity index (χ0n) is 15.4. The SMILES string of the molecule is COc1ccc(Nc2nc(Cl)ncc2C(C)Nc2ccc(OC)cc2)cc1. The van der Waals surface area contributed by atoms with Gasteiger partial charge in [-0.25, -0.2) is 9.97 Å². The number of methoxy groups -OCH3 is 2. The quantitative estimate of drug-likeness (QED) is 0.554. The Kier molecular flexibility index (Phi) is 5.98. The molecule has 0 amide bonds. The largest absolute Gasteiger partial charge is 0.497 e. The minimum atomic E-state index is -0.0450. The van der Waals surface area contributed by atoms with Crippen LogP contribution in [-0.2, 0) is 0 Å². The number of rotatable bonds is 7. The third-order valence-corrected chi connectivity index (χ3v) is 4.26. The maximum atomic E-state index is 6.01. The highest BCUT2D eigenvalue weighted by Crippen LogP contribution is 2.28. The molecule has 0 bridgehead atoms. The monoisotopic (exact) mass is 384 g/mol. The molecule has 0 radical (unpaired) electrons. The van der Waals surface area contributed by atoms with Gasteiger partial charge in [0.25, 0.3) is 0 Å². The molecule has 6 nitrogen and oxygen atoms in total. The van der Waals surface area contributed by atoms with Gasteiger partial charge >= 0.3 is 0 Å². The molecule has 3 aromatic rings. The number of ether oxygens (including phenoxy) is 2. The summed E-state index contributed by atoms with van der Waals surface area (Å²) in [5.74, 6) is 2.25. The van der Waals surface area contributed by atoms with Gasteiger partial charge in [-0.3, -0.25) is 0 Å². The predicted octanol–water partition coefficient (Wildman–Crippen LogP) is 5.06. The van der Waals surface area contributed by atoms with Crippen molar-refractivity contribution < 1.29 is 9.47 Å². The number of anilines is 3. The van der Waals surface area contributed by atoms with E-state index in [9.17, 15) is 0 Å². The molecule has 3 rings (SSSR count). The van der Waals surface area contributed by atoms with Gasteiger partial charge in [0.15, 0.2) is 0 Å². The van der Waals surface area contributed by atoms with E-state index in [0.29, 0.717) is 5.82 Å². The smallest absolute Gasteiger partial charge is 0.224 e. The second-order valence-electron chi connectivity index (χ2n) is 5.89. The number of nitrogens with zero attached hydrogens (tertiary/aromatic N) is 2. The summed E-state index contributed by atoms with van der Waals surface area (Å²) in [6, 6.07) is 15.3. The van der Waals surface area contributed by atoms with Gasteiger partial charge in [-0.05, 0) is 67.1 Å². The minimum absolute atomic E-state index is 0.0450. The Balaban J connectivity index is 1.81. The molecular weight excluding hydrogens is 364 g/mol. The fourth-order valence-corrected chi connectivity index (χ4v) is 2.75. The highest BCUT2D eigenvalue weighted by atomic mass is 35.5. The Morgan fingerprint density at radius 2 is 1.44 bits per heavy atom. The molecule has 0 aliphatic rings. The average molecular weight is 385 g/mol. The first-order valence-corrected chi connectivity index (χ1v) is 8.81. The number of hydrogen-bond donors (Lipinski definition) is 2. The summed E-state index contributed by atoms with van der Waals surface area (Å²) in [6.45, 7) is 2.04. The van der Waals surface area contributed by atoms with Crippen LogP contribution >= 0.6 is 11.6 Å². The highest BCUT2D eigenvalue weighted by molar-refractivity contribution is 6.28. The Morgan fingerprint density at radius 1 is 0.889 bits per heavy atom. The molecule has 1 aromatic heterocycles. The topological polar surface area (TPSA) is 68.3 Å². The summed E-state index contributed by atoms with van der Waals surface area (Å²) >= 11 is 6.01. The van der Waals surface area contributed by atoms with E-state index in [1.54, 1.807) is 20.4 Å². The van der Waals surface area contributed by atoms with Gasteiger partial charge in [0.05, 0.1) is 20.3 Å². The maximum Gasteiger partial charge on any atom is 0.224 e. The van der Waals surface area contributed by atoms with Gasteiger partial charge in [0.1, 0.15) is 17.3 Å². The number of hydrogen-bond acceptors (Lipinski definition) is 6. The number of nitrogens with one attached hydrogen (secondary N) is 2. The molecule has 1 unspecified atom stereocenters. The van der Waals surface area contributed by atoms with Crippen LogP contribution in [0.3, 0.4) is 0 Å². The number of aromatic nitrogens is 2. The van der Waals surface area contributed by atoms with Crippen LogP contribution < -0.4 is 20.1 Å². The van der Waals surface area contributed by atoms with Crippen molar-refractivity contribution in [2.45, 2.75) is 13.0 Å². The zero-order chi connectivity index (χ0) is 19.2. The number of benzene rings is 2. The molecule has 0 saturated carbocycles. The fourth-order valence-electron chi connectivity index (χ4n) is 2.61. The summed E-state index contributed by atoms with van der Waals surface area (Å²) in [4.78, 5) is 8.49. The first kappa shape index (κ1) is 18.8. The molecule has 1 heterocycles. The lowest BCUT2D eigenvalue weighted by molar-refractivity contribution is 0.415. The van der Waals surface area contributed by atoms with Crippen LogP contribution in [0.2, 0.25) is 5.28 Å². The van der Waals surface area contributed by atoms with Gasteiger partial charge < -0.3 is 20.1 Å². The second kappa shape index (κ2) is 8.60. The molecular formula is C20H21ClN4O2. The first-order chi connectivity index (χ1) is 13.1. The maximum absolute atomic E-state index is 6.01. The van der Waals surface area contributed by atoms with Crippen LogP contribution in [-0.4, -0.2) is 24.2 Å². The molecule has 0 spiro atoms. The lowest BCUT2D eigenvalue weighted by Crippen LogP contribution is -2.11. The molecule has 0 aliphatic heterocycles. The van der Waals surface area contributed by atoms with Gasteiger partial charge in [-0.1, -0.05) is 0 Å². The van der Waals surface area contributed by atoms with Crippen molar-refractivity contribution in [1.29, 1.82) is 0 Å². The second-order valence-corrected chi connectivity index (χ2v) is 6.23. The van der Waals surface area contributed by atoms with Crippen LogP contribution in [0.15, 0.2) is 54.7 Å². The molecule has 2 N–H and O–H groups in total. The first-order valence-electron chi connectivity index (χ1n) is 8.43. The van der Waals surface area contributed by atoms with E-state index in [1.807, 2.05) is 55.5 Å². The van der Waals surface area contributed by atoms with Crippen LogP contribution in [0.1, 0.15) is 18.5 Å². The van der Waals surface area contributed by atoms with E-state index in [1.165, 1.54) is 0 Å². The van der Waals surface area contributed by atoms with E-state index < -0.39 is 0 Å². The van der Waals surface area contributed by atoms with Crippen LogP contribution in [0.5, 0.6) is 11.5 Å². The van der Waals surface area contributed by atoms with Crippen molar-refractivity contribution in [3.05, 3.63) is 65.6 Å². The van der Waals surface area contributed by atoms with E-state index in [0.717, 1.165) is 28.4 Å². The molecule has 0 aliphatic carbocycles. The minimum Gasteiger partial charge on any atom is -0.497 e. The predicted molar refractivity (Wildman–Crippen MR) is 108 cm³/mol. The lowest BCUT2D eigenvalue weighted by Gasteiger charge is -2.19. The van der Waals surface area contributed by atoms with E-state index in [-0.39, 0.29) is 11.3 Å². The third kappa shape index (κ3) is 4.80. The van der Waals surface area contributed by atoms with Crippen molar-refractivity contribution in [2.24, 2.45) is 0 Å². The van der Waals surface area contributed by atoms with Crippen molar-refractivity contribution >= 4 is 28.8 Å². The van der Waals surface area contributed by atoms with Crippen molar-refractivity contribution in [3.63, 3.8) is 0 Å². The molecule has 1 atom stereocenters. The van der Waals surface area contributed by atoms with Gasteiger partial charge in [0, 0.05) is 23.1 Å². The number of halogens is 1. The Morgan fingerprint density at radius 3 is 2.00 bits per heavy atom. The Labute approximate surface area is 163 Å². The van der Waals surface area contributed by atoms with E-state index in [2.05, 4.69) is 20.6 Å². The van der Waals surface area contributed by atoms with E-state index >= 15 is 0 Å². The molecule has 27 heavy (non-hydrogen) atoms. The summed E-state index contributed by atoms with van der Waals surface area (Å²) in [6.07, 6.45) is 1.72. The standard InChI is InChI=1S/C20H21ClN4O2/c1-13(23-14-4-8-16(26-2)9-5-14)18-12-22-20(21)25-19(18)24-15-6-10-17(27-3)11-7-15/h4-13,23H,1-3H3,(H,22,24,25). The Bertz CT molecular complexity index is 885. The summed E-state index contributed by atoms with van der Waals surface area (Å²) in [5, 5.41) is 6.92. The van der Waals surface area contributed by atoms with E-state index in [4.69, 9.17) is 21.1 Å². The van der Waals surface area contributed by atoms with Crippen LogP contribution in [0.25, 0.3) is 0 Å². The third-order valence-electron chi connectivity index (χ3n) is 4.08. The summed E-state index contributed by atoms with van der Waals surface area (Å²) in [5.41, 5.74) is 2.74. The zero-order valence-corrected chi connectivity index (χ0v) is 16.1. The molecule has 7 heteroatoms. The van der Waals surface area contributed by atoms with Crippen LogP contribution in [0, 0.1) is 0 Å². The lowest BCUT2D eigenvalue weighted by atomic mass is 10.1. The van der Waals surface area contributed by atoms with Gasteiger partial charge in [-0.2, -0.15) is 0 Å². The fraction of sp³-hybridized carbons (Fsp3) is 0.200. The van der Waals surface area contributed by atoms with Crippen molar-refractivity contribution in [3.8, 4) is 11.5 Å². The Hall–Kier alpha value is -2.99. The molecule has 0 saturated heterocycles. The molecule has 140 valence electrons. The van der Waals surface area contributed by atoms with Crippen LogP contribution in [0.4, 0.5) is 17.2 Å². The summed E-state index contributed by atoms with van der Waals surface area (Å²) < 4.78 is 10.4.